The van der Waals surface area contributed by atoms with Crippen LogP contribution in [0.2, 0.25) is 0 Å². The summed E-state index contributed by atoms with van der Waals surface area (Å²) < 4.78 is 4.82. The van der Waals surface area contributed by atoms with Crippen molar-refractivity contribution >= 4 is 11.6 Å². The fourth-order valence-corrected chi connectivity index (χ4v) is 2.36. The number of rotatable bonds is 3. The second kappa shape index (κ2) is 5.09. The Kier molecular flexibility index (Phi) is 4.25. The van der Waals surface area contributed by atoms with E-state index in [-0.39, 0.29) is 23.6 Å². The quantitative estimate of drug-likeness (QED) is 0.693. The highest BCUT2D eigenvalue weighted by Gasteiger charge is 2.37. The minimum Gasteiger partial charge on any atom is -0.377 e. The molecule has 3 heteroatoms. The fraction of sp³-hybridized carbons (Fsp3) is 0.846. The molecule has 0 aromatic carbocycles. The molecule has 2 atom stereocenters. The third kappa shape index (κ3) is 3.14. The summed E-state index contributed by atoms with van der Waals surface area (Å²) >= 11 is 0. The number of carbonyl (C=O) groups is 2. The summed E-state index contributed by atoms with van der Waals surface area (Å²) in [5.41, 5.74) is 0.173. The first-order valence-corrected chi connectivity index (χ1v) is 5.90. The van der Waals surface area contributed by atoms with E-state index in [4.69, 9.17) is 4.74 Å². The van der Waals surface area contributed by atoms with Gasteiger partial charge in [0.15, 0.2) is 5.78 Å². The second-order valence-corrected chi connectivity index (χ2v) is 5.76. The monoisotopic (exact) mass is 226 g/mol. The molecule has 3 nitrogen and oxygen atoms in total. The first-order valence-electron chi connectivity index (χ1n) is 5.90. The number of ketones is 2. The molecular weight excluding hydrogens is 204 g/mol. The lowest BCUT2D eigenvalue weighted by atomic mass is 9.68. The molecule has 92 valence electrons. The highest BCUT2D eigenvalue weighted by Crippen LogP contribution is 2.39. The minimum absolute atomic E-state index is 0.0542. The summed E-state index contributed by atoms with van der Waals surface area (Å²) in [7, 11) is 1.49. The van der Waals surface area contributed by atoms with Crippen LogP contribution >= 0.6 is 0 Å². The van der Waals surface area contributed by atoms with Gasteiger partial charge in [-0.2, -0.15) is 0 Å². The van der Waals surface area contributed by atoms with E-state index in [2.05, 4.69) is 20.8 Å². The van der Waals surface area contributed by atoms with Crippen LogP contribution in [0.25, 0.3) is 0 Å². The van der Waals surface area contributed by atoms with E-state index >= 15 is 0 Å². The van der Waals surface area contributed by atoms with Gasteiger partial charge in [-0.1, -0.05) is 20.8 Å². The van der Waals surface area contributed by atoms with Crippen LogP contribution < -0.4 is 0 Å². The van der Waals surface area contributed by atoms with Crippen LogP contribution in [-0.2, 0) is 14.3 Å². The molecule has 1 saturated carbocycles. The van der Waals surface area contributed by atoms with Gasteiger partial charge in [0.25, 0.3) is 0 Å². The van der Waals surface area contributed by atoms with Crippen LogP contribution in [-0.4, -0.2) is 25.3 Å². The van der Waals surface area contributed by atoms with Gasteiger partial charge in [-0.05, 0) is 24.2 Å². The van der Waals surface area contributed by atoms with Crippen LogP contribution in [0.1, 0.15) is 40.0 Å². The van der Waals surface area contributed by atoms with E-state index in [0.717, 1.165) is 6.42 Å². The standard InChI is InChI=1S/C13H22O3/c1-13(2,3)9-5-6-11(14)10(7-9)12(15)8-16-4/h9-10H,5-8H2,1-4H3. The van der Waals surface area contributed by atoms with Gasteiger partial charge in [0.05, 0.1) is 5.92 Å². The molecular formula is C13H22O3. The summed E-state index contributed by atoms with van der Waals surface area (Å²) in [6, 6.07) is 0. The van der Waals surface area contributed by atoms with Crippen molar-refractivity contribution in [2.45, 2.75) is 40.0 Å². The molecule has 0 bridgehead atoms. The van der Waals surface area contributed by atoms with E-state index in [0.29, 0.717) is 18.8 Å². The van der Waals surface area contributed by atoms with Gasteiger partial charge in [0.2, 0.25) is 0 Å². The highest BCUT2D eigenvalue weighted by molar-refractivity contribution is 6.03. The normalized spacial score (nSPS) is 26.9. The van der Waals surface area contributed by atoms with Crippen LogP contribution in [0.3, 0.4) is 0 Å². The zero-order valence-electron chi connectivity index (χ0n) is 10.7. The smallest absolute Gasteiger partial charge is 0.168 e. The largest absolute Gasteiger partial charge is 0.377 e. The lowest BCUT2D eigenvalue weighted by Gasteiger charge is -2.36. The lowest BCUT2D eigenvalue weighted by molar-refractivity contribution is -0.138. The molecule has 0 aliphatic heterocycles. The summed E-state index contributed by atoms with van der Waals surface area (Å²) in [5, 5.41) is 0. The molecule has 0 aromatic rings. The Morgan fingerprint density at radius 2 is 2.06 bits per heavy atom. The van der Waals surface area contributed by atoms with E-state index in [9.17, 15) is 9.59 Å². The molecule has 1 aliphatic carbocycles. The van der Waals surface area contributed by atoms with Gasteiger partial charge in [-0.25, -0.2) is 0 Å². The Morgan fingerprint density at radius 3 is 2.56 bits per heavy atom. The molecule has 1 fully saturated rings. The maximum absolute atomic E-state index is 11.7. The maximum atomic E-state index is 11.7. The van der Waals surface area contributed by atoms with Crippen molar-refractivity contribution in [2.75, 3.05) is 13.7 Å². The Bertz CT molecular complexity index is 275. The van der Waals surface area contributed by atoms with Crippen molar-refractivity contribution in [1.29, 1.82) is 0 Å². The van der Waals surface area contributed by atoms with Gasteiger partial charge in [0, 0.05) is 13.5 Å². The van der Waals surface area contributed by atoms with Crippen LogP contribution in [0.15, 0.2) is 0 Å². The van der Waals surface area contributed by atoms with Crippen LogP contribution in [0.5, 0.6) is 0 Å². The molecule has 0 saturated heterocycles. The van der Waals surface area contributed by atoms with Crippen molar-refractivity contribution < 1.29 is 14.3 Å². The van der Waals surface area contributed by atoms with E-state index in [1.807, 2.05) is 0 Å². The Hall–Kier alpha value is -0.700. The maximum Gasteiger partial charge on any atom is 0.168 e. The summed E-state index contributed by atoms with van der Waals surface area (Å²) in [6.07, 6.45) is 2.16. The van der Waals surface area contributed by atoms with Crippen LogP contribution in [0, 0.1) is 17.3 Å². The SMILES string of the molecule is COCC(=O)C1CC(C(C)(C)C)CCC1=O. The number of carbonyl (C=O) groups excluding carboxylic acids is 2. The van der Waals surface area contributed by atoms with E-state index in [1.54, 1.807) is 0 Å². The number of hydrogen-bond donors (Lipinski definition) is 0. The van der Waals surface area contributed by atoms with Gasteiger partial charge < -0.3 is 4.74 Å². The van der Waals surface area contributed by atoms with E-state index in [1.165, 1.54) is 7.11 Å². The zero-order chi connectivity index (χ0) is 12.3. The molecule has 0 N–H and O–H groups in total. The molecule has 0 aromatic heterocycles. The van der Waals surface area contributed by atoms with Crippen molar-refractivity contribution in [3.8, 4) is 0 Å². The molecule has 1 rings (SSSR count). The average molecular weight is 226 g/mol. The predicted octanol–water partition coefficient (Wildman–Crippen LogP) is 2.23. The third-order valence-corrected chi connectivity index (χ3v) is 3.55. The molecule has 0 radical (unpaired) electrons. The molecule has 0 spiro atoms. The summed E-state index contributed by atoms with van der Waals surface area (Å²) in [6.45, 7) is 6.58. The first-order chi connectivity index (χ1) is 7.36. The summed E-state index contributed by atoms with van der Waals surface area (Å²) in [5.74, 6) is 0.0814. The minimum atomic E-state index is -0.419. The number of Topliss-reactive ketones (excluding diaryl/α,β-unsaturated/α-hetero) is 2. The molecule has 16 heavy (non-hydrogen) atoms. The lowest BCUT2D eigenvalue weighted by Crippen LogP contribution is -2.37. The van der Waals surface area contributed by atoms with Crippen molar-refractivity contribution in [3.05, 3.63) is 0 Å². The Morgan fingerprint density at radius 1 is 1.44 bits per heavy atom. The highest BCUT2D eigenvalue weighted by atomic mass is 16.5. The average Bonchev–Trinajstić information content (AvgIpc) is 2.16. The van der Waals surface area contributed by atoms with E-state index < -0.39 is 5.92 Å². The summed E-state index contributed by atoms with van der Waals surface area (Å²) in [4.78, 5) is 23.4. The van der Waals surface area contributed by atoms with Crippen molar-refractivity contribution in [2.24, 2.45) is 17.3 Å². The number of ether oxygens (including phenoxy) is 1. The first kappa shape index (κ1) is 13.4. The van der Waals surface area contributed by atoms with Crippen LogP contribution in [0.4, 0.5) is 0 Å². The van der Waals surface area contributed by atoms with Crippen molar-refractivity contribution in [3.63, 3.8) is 0 Å². The number of methoxy groups -OCH3 is 1. The zero-order valence-corrected chi connectivity index (χ0v) is 10.7. The topological polar surface area (TPSA) is 43.4 Å². The molecule has 2 unspecified atom stereocenters. The van der Waals surface area contributed by atoms with Crippen molar-refractivity contribution in [1.82, 2.24) is 0 Å². The van der Waals surface area contributed by atoms with Gasteiger partial charge >= 0.3 is 0 Å². The third-order valence-electron chi connectivity index (χ3n) is 3.55. The van der Waals surface area contributed by atoms with Gasteiger partial charge in [-0.3, -0.25) is 9.59 Å². The van der Waals surface area contributed by atoms with Gasteiger partial charge in [0.1, 0.15) is 12.4 Å². The second-order valence-electron chi connectivity index (χ2n) is 5.76. The molecule has 0 heterocycles. The number of hydrogen-bond acceptors (Lipinski definition) is 3. The predicted molar refractivity (Wildman–Crippen MR) is 62.2 cm³/mol. The molecule has 1 aliphatic rings. The van der Waals surface area contributed by atoms with Gasteiger partial charge in [-0.15, -0.1) is 0 Å². The molecule has 0 amide bonds. The Balaban J connectivity index is 2.69. The Labute approximate surface area is 97.5 Å². The fourth-order valence-electron chi connectivity index (χ4n) is 2.36.